The highest BCUT2D eigenvalue weighted by molar-refractivity contribution is 7.09. The number of hydrogen-bond acceptors (Lipinski definition) is 5. The smallest absolute Gasteiger partial charge is 0.326 e. The second-order valence-corrected chi connectivity index (χ2v) is 7.23. The monoisotopic (exact) mass is 308 g/mol. The van der Waals surface area contributed by atoms with Gasteiger partial charge in [-0.15, -0.1) is 11.3 Å². The first-order valence-corrected chi connectivity index (χ1v) is 8.69. The molecule has 2 unspecified atom stereocenters. The summed E-state index contributed by atoms with van der Waals surface area (Å²) in [6.07, 6.45) is 4.13. The van der Waals surface area contributed by atoms with Crippen LogP contribution in [0.1, 0.15) is 37.5 Å². The van der Waals surface area contributed by atoms with E-state index in [0.717, 1.165) is 19.4 Å². The molecule has 2 atom stereocenters. The normalized spacial score (nSPS) is 32.3. The summed E-state index contributed by atoms with van der Waals surface area (Å²) in [5.74, 6) is -0.0634. The van der Waals surface area contributed by atoms with E-state index in [1.807, 2.05) is 6.92 Å². The molecule has 1 aromatic heterocycles. The predicted molar refractivity (Wildman–Crippen MR) is 84.3 cm³/mol. The zero-order valence-corrected chi connectivity index (χ0v) is 13.6. The van der Waals surface area contributed by atoms with E-state index in [1.165, 1.54) is 17.7 Å². The van der Waals surface area contributed by atoms with E-state index in [4.69, 9.17) is 4.74 Å². The molecule has 4 nitrogen and oxygen atoms in total. The van der Waals surface area contributed by atoms with Gasteiger partial charge in [0.15, 0.2) is 0 Å². The van der Waals surface area contributed by atoms with Crippen LogP contribution >= 0.6 is 11.3 Å². The summed E-state index contributed by atoms with van der Waals surface area (Å²) in [7, 11) is 2.19. The Bertz CT molecular complexity index is 474. The SMILES string of the molecule is CCOC(=O)C1(NCc2cccs2)CC2CCC(C1)N2C. The Balaban J connectivity index is 1.77. The van der Waals surface area contributed by atoms with Gasteiger partial charge in [0.25, 0.3) is 0 Å². The van der Waals surface area contributed by atoms with Crippen molar-refractivity contribution in [2.45, 2.75) is 56.8 Å². The summed E-state index contributed by atoms with van der Waals surface area (Å²) in [5.41, 5.74) is -0.502. The number of nitrogens with one attached hydrogen (secondary N) is 1. The van der Waals surface area contributed by atoms with Crippen molar-refractivity contribution in [3.8, 4) is 0 Å². The van der Waals surface area contributed by atoms with Crippen molar-refractivity contribution in [3.05, 3.63) is 22.4 Å². The number of carbonyl (C=O) groups excluding carboxylic acids is 1. The molecule has 5 heteroatoms. The first kappa shape index (κ1) is 15.0. The third-order valence-electron chi connectivity index (χ3n) is 5.00. The second kappa shape index (κ2) is 6.07. The molecule has 116 valence electrons. The maximum Gasteiger partial charge on any atom is 0.326 e. The van der Waals surface area contributed by atoms with Crippen molar-refractivity contribution in [1.82, 2.24) is 10.2 Å². The fraction of sp³-hybridized carbons (Fsp3) is 0.688. The number of esters is 1. The van der Waals surface area contributed by atoms with Crippen molar-refractivity contribution in [2.75, 3.05) is 13.7 Å². The molecule has 2 bridgehead atoms. The zero-order valence-electron chi connectivity index (χ0n) is 12.8. The van der Waals surface area contributed by atoms with Crippen LogP contribution in [-0.2, 0) is 16.1 Å². The summed E-state index contributed by atoms with van der Waals surface area (Å²) in [6.45, 7) is 3.08. The minimum atomic E-state index is -0.502. The predicted octanol–water partition coefficient (Wildman–Crippen LogP) is 2.40. The van der Waals surface area contributed by atoms with Crippen LogP contribution in [0.2, 0.25) is 0 Å². The van der Waals surface area contributed by atoms with Gasteiger partial charge in [-0.2, -0.15) is 0 Å². The van der Waals surface area contributed by atoms with Gasteiger partial charge < -0.3 is 9.64 Å². The van der Waals surface area contributed by atoms with Gasteiger partial charge in [-0.3, -0.25) is 10.1 Å². The molecule has 1 N–H and O–H groups in total. The largest absolute Gasteiger partial charge is 0.465 e. The molecule has 0 aliphatic carbocycles. The standard InChI is InChI=1S/C16H24N2O2S/c1-3-20-15(19)16(17-11-14-5-4-8-21-14)9-12-6-7-13(10-16)18(12)2/h4-5,8,12-13,17H,3,6-7,9-11H2,1-2H3. The molecule has 0 saturated carbocycles. The minimum Gasteiger partial charge on any atom is -0.465 e. The summed E-state index contributed by atoms with van der Waals surface area (Å²) < 4.78 is 5.40. The summed E-state index contributed by atoms with van der Waals surface area (Å²) in [5, 5.41) is 5.63. The molecule has 0 spiro atoms. The number of ether oxygens (including phenoxy) is 1. The van der Waals surface area contributed by atoms with E-state index in [-0.39, 0.29) is 5.97 Å². The second-order valence-electron chi connectivity index (χ2n) is 6.19. The van der Waals surface area contributed by atoms with Gasteiger partial charge in [0, 0.05) is 23.5 Å². The number of piperidine rings is 1. The third-order valence-corrected chi connectivity index (χ3v) is 5.88. The lowest BCUT2D eigenvalue weighted by molar-refractivity contribution is -0.154. The van der Waals surface area contributed by atoms with Crippen LogP contribution in [0.3, 0.4) is 0 Å². The Morgan fingerprint density at radius 3 is 2.76 bits per heavy atom. The molecule has 2 aliphatic heterocycles. The molecule has 3 rings (SSSR count). The Kier molecular flexibility index (Phi) is 4.33. The van der Waals surface area contributed by atoms with E-state index >= 15 is 0 Å². The van der Waals surface area contributed by atoms with Gasteiger partial charge in [0.2, 0.25) is 0 Å². The topological polar surface area (TPSA) is 41.6 Å². The van der Waals surface area contributed by atoms with Crippen LogP contribution in [0.25, 0.3) is 0 Å². The number of fused-ring (bicyclic) bond motifs is 2. The number of carbonyl (C=O) groups is 1. The summed E-state index contributed by atoms with van der Waals surface area (Å²) in [4.78, 5) is 16.3. The number of rotatable bonds is 5. The van der Waals surface area contributed by atoms with Crippen LogP contribution in [0.15, 0.2) is 17.5 Å². The Hall–Kier alpha value is -0.910. The van der Waals surface area contributed by atoms with Gasteiger partial charge in [0.05, 0.1) is 6.61 Å². The Morgan fingerprint density at radius 2 is 2.19 bits per heavy atom. The van der Waals surface area contributed by atoms with E-state index < -0.39 is 5.54 Å². The first-order valence-electron chi connectivity index (χ1n) is 7.81. The Morgan fingerprint density at radius 1 is 1.48 bits per heavy atom. The molecule has 3 heterocycles. The van der Waals surface area contributed by atoms with Gasteiger partial charge in [0.1, 0.15) is 5.54 Å². The maximum absolute atomic E-state index is 12.6. The molecule has 21 heavy (non-hydrogen) atoms. The number of thiophene rings is 1. The summed E-state index contributed by atoms with van der Waals surface area (Å²) >= 11 is 1.73. The average Bonchev–Trinajstić information content (AvgIpc) is 3.04. The molecule has 1 aromatic rings. The van der Waals surface area contributed by atoms with E-state index in [9.17, 15) is 4.79 Å². The van der Waals surface area contributed by atoms with Crippen LogP contribution in [0, 0.1) is 0 Å². The highest BCUT2D eigenvalue weighted by atomic mass is 32.1. The van der Waals surface area contributed by atoms with Crippen LogP contribution in [-0.4, -0.2) is 42.1 Å². The number of nitrogens with zero attached hydrogens (tertiary/aromatic N) is 1. The first-order chi connectivity index (χ1) is 10.1. The van der Waals surface area contributed by atoms with Gasteiger partial charge in [-0.1, -0.05) is 6.07 Å². The lowest BCUT2D eigenvalue weighted by atomic mass is 9.82. The van der Waals surface area contributed by atoms with Crippen LogP contribution < -0.4 is 5.32 Å². The van der Waals surface area contributed by atoms with E-state index in [1.54, 1.807) is 11.3 Å². The lowest BCUT2D eigenvalue weighted by Crippen LogP contribution is -2.61. The lowest BCUT2D eigenvalue weighted by Gasteiger charge is -2.44. The highest BCUT2D eigenvalue weighted by Crippen LogP contribution is 2.40. The molecule has 0 radical (unpaired) electrons. The van der Waals surface area contributed by atoms with Gasteiger partial charge in [-0.05, 0) is 51.1 Å². The quantitative estimate of drug-likeness (QED) is 0.848. The molecular weight excluding hydrogens is 284 g/mol. The summed E-state index contributed by atoms with van der Waals surface area (Å²) in [6, 6.07) is 5.17. The third kappa shape index (κ3) is 2.87. The van der Waals surface area contributed by atoms with Gasteiger partial charge >= 0.3 is 5.97 Å². The average molecular weight is 308 g/mol. The van der Waals surface area contributed by atoms with Gasteiger partial charge in [-0.25, -0.2) is 0 Å². The fourth-order valence-electron chi connectivity index (χ4n) is 3.79. The fourth-order valence-corrected chi connectivity index (χ4v) is 4.44. The molecule has 2 aliphatic rings. The van der Waals surface area contributed by atoms with Crippen molar-refractivity contribution in [3.63, 3.8) is 0 Å². The minimum absolute atomic E-state index is 0.0634. The zero-order chi connectivity index (χ0) is 14.9. The molecule has 2 saturated heterocycles. The molecular formula is C16H24N2O2S. The Labute approximate surface area is 130 Å². The maximum atomic E-state index is 12.6. The van der Waals surface area contributed by atoms with Crippen molar-refractivity contribution in [2.24, 2.45) is 0 Å². The van der Waals surface area contributed by atoms with Crippen molar-refractivity contribution in [1.29, 1.82) is 0 Å². The van der Waals surface area contributed by atoms with Crippen LogP contribution in [0.5, 0.6) is 0 Å². The van der Waals surface area contributed by atoms with Crippen LogP contribution in [0.4, 0.5) is 0 Å². The van der Waals surface area contributed by atoms with Crippen molar-refractivity contribution >= 4 is 17.3 Å². The molecule has 0 aromatic carbocycles. The van der Waals surface area contributed by atoms with Crippen molar-refractivity contribution < 1.29 is 9.53 Å². The molecule has 2 fully saturated rings. The van der Waals surface area contributed by atoms with E-state index in [2.05, 4.69) is 34.8 Å². The highest BCUT2D eigenvalue weighted by Gasteiger charge is 2.51. The number of hydrogen-bond donors (Lipinski definition) is 1. The van der Waals surface area contributed by atoms with E-state index in [0.29, 0.717) is 18.7 Å². The molecule has 0 amide bonds.